The molecule has 4 rings (SSSR count). The van der Waals surface area contributed by atoms with Crippen molar-refractivity contribution in [3.05, 3.63) is 108 Å². The Morgan fingerprint density at radius 1 is 0.673 bits per heavy atom. The number of benzene rings is 3. The highest BCUT2D eigenvalue weighted by Crippen LogP contribution is 2.19. The van der Waals surface area contributed by atoms with Crippen molar-refractivity contribution >= 4 is 40.7 Å². The molecule has 1 aromatic heterocycles. The van der Waals surface area contributed by atoms with Crippen LogP contribution in [0.5, 0.6) is 0 Å². The molecule has 4 atom stereocenters. The number of carbonyl (C=O) groups excluding carboxylic acids is 5. The third-order valence-corrected chi connectivity index (χ3v) is 7.82. The molecule has 13 nitrogen and oxygen atoms in total. The lowest BCUT2D eigenvalue weighted by Crippen LogP contribution is -2.58. The van der Waals surface area contributed by atoms with Crippen LogP contribution in [0.4, 0.5) is 4.79 Å². The Balaban J connectivity index is 1.42. The molecule has 4 amide bonds. The number of esters is 1. The summed E-state index contributed by atoms with van der Waals surface area (Å²) in [5, 5.41) is 11.4. The monoisotopic (exact) mass is 713 g/mol. The maximum Gasteiger partial charge on any atom is 0.408 e. The Kier molecular flexibility index (Phi) is 13.9. The van der Waals surface area contributed by atoms with Crippen molar-refractivity contribution in [2.75, 3.05) is 6.61 Å². The van der Waals surface area contributed by atoms with Crippen molar-refractivity contribution in [2.24, 2.45) is 0 Å². The molecule has 13 heteroatoms. The van der Waals surface area contributed by atoms with E-state index in [-0.39, 0.29) is 26.2 Å². The van der Waals surface area contributed by atoms with Gasteiger partial charge in [-0.1, -0.05) is 78.9 Å². The van der Waals surface area contributed by atoms with Crippen LogP contribution < -0.4 is 21.3 Å². The first-order valence-electron chi connectivity index (χ1n) is 17.1. The third-order valence-electron chi connectivity index (χ3n) is 7.82. The molecular formula is C39H47N5O8. The number of amides is 4. The molecule has 0 aliphatic carbocycles. The lowest BCUT2D eigenvalue weighted by Gasteiger charge is -2.25. The summed E-state index contributed by atoms with van der Waals surface area (Å²) in [5.74, 6) is -2.69. The summed E-state index contributed by atoms with van der Waals surface area (Å²) in [5.41, 5.74) is 2.46. The van der Waals surface area contributed by atoms with Gasteiger partial charge in [-0.25, -0.2) is 9.59 Å². The average molecular weight is 714 g/mol. The Bertz CT molecular complexity index is 1810. The number of hydrogen-bond acceptors (Lipinski definition) is 8. The van der Waals surface area contributed by atoms with Gasteiger partial charge in [0, 0.05) is 23.5 Å². The quantitative estimate of drug-likeness (QED) is 0.108. The van der Waals surface area contributed by atoms with Crippen molar-refractivity contribution in [1.29, 1.82) is 0 Å². The van der Waals surface area contributed by atoms with Crippen LogP contribution in [0.2, 0.25) is 0 Å². The van der Waals surface area contributed by atoms with Gasteiger partial charge in [0.05, 0.1) is 13.2 Å². The smallest absolute Gasteiger partial charge is 0.408 e. The third kappa shape index (κ3) is 12.3. The van der Waals surface area contributed by atoms with E-state index in [0.717, 1.165) is 27.6 Å². The van der Waals surface area contributed by atoms with Crippen molar-refractivity contribution in [1.82, 2.24) is 26.3 Å². The zero-order chi connectivity index (χ0) is 37.7. The van der Waals surface area contributed by atoms with Gasteiger partial charge >= 0.3 is 12.1 Å². The lowest BCUT2D eigenvalue weighted by molar-refractivity contribution is -0.149. The van der Waals surface area contributed by atoms with Crippen LogP contribution in [-0.4, -0.2) is 71.1 Å². The maximum absolute atomic E-state index is 13.6. The van der Waals surface area contributed by atoms with E-state index < -0.39 is 59.6 Å². The number of alkyl carbamates (subject to hydrolysis) is 1. The molecule has 0 unspecified atom stereocenters. The summed E-state index contributed by atoms with van der Waals surface area (Å²) in [6.07, 6.45) is 1.06. The van der Waals surface area contributed by atoms with E-state index in [1.54, 1.807) is 27.0 Å². The number of nitrogens with one attached hydrogen (secondary N) is 5. The molecule has 52 heavy (non-hydrogen) atoms. The molecule has 1 heterocycles. The molecule has 0 radical (unpaired) electrons. The first-order valence-corrected chi connectivity index (χ1v) is 17.1. The van der Waals surface area contributed by atoms with Gasteiger partial charge in [0.2, 0.25) is 17.7 Å². The van der Waals surface area contributed by atoms with Crippen molar-refractivity contribution in [3.63, 3.8) is 0 Å². The number of H-pyrrole nitrogens is 1. The Hall–Kier alpha value is -5.69. The standard InChI is InChI=1S/C39H47N5O8/c1-25(41-35(46)32(44-38(49)52-39(3,4)5)20-29-21-40-31-19-13-12-18-30(29)31)34(45)43-33(24-50-22-27-14-8-6-9-15-27)36(47)42-26(2)37(48)51-23-28-16-10-7-11-17-28/h6-19,21,25-26,32-33,40H,20,22-24H2,1-5H3,(H,41,46)(H,42,47)(H,43,45)(H,44,49)/t25-,26-,32+,33+/m1/s1. The van der Waals surface area contributed by atoms with Gasteiger partial charge in [0.1, 0.15) is 36.4 Å². The van der Waals surface area contributed by atoms with E-state index in [1.807, 2.05) is 84.9 Å². The van der Waals surface area contributed by atoms with E-state index in [4.69, 9.17) is 14.2 Å². The lowest BCUT2D eigenvalue weighted by atomic mass is 10.0. The topological polar surface area (TPSA) is 177 Å². The van der Waals surface area contributed by atoms with E-state index >= 15 is 0 Å². The summed E-state index contributed by atoms with van der Waals surface area (Å²) >= 11 is 0. The fraction of sp³-hybridized carbons (Fsp3) is 0.359. The van der Waals surface area contributed by atoms with Gasteiger partial charge in [0.15, 0.2) is 0 Å². The van der Waals surface area contributed by atoms with Crippen LogP contribution in [0.3, 0.4) is 0 Å². The molecule has 4 aromatic rings. The molecule has 0 spiro atoms. The highest BCUT2D eigenvalue weighted by Gasteiger charge is 2.31. The van der Waals surface area contributed by atoms with Crippen LogP contribution in [0, 0.1) is 0 Å². The molecule has 0 aliphatic rings. The minimum Gasteiger partial charge on any atom is -0.459 e. The number of para-hydroxylation sites is 1. The van der Waals surface area contributed by atoms with E-state index in [0.29, 0.717) is 0 Å². The summed E-state index contributed by atoms with van der Waals surface area (Å²) in [4.78, 5) is 69.1. The normalized spacial score (nSPS) is 13.6. The zero-order valence-corrected chi connectivity index (χ0v) is 30.1. The van der Waals surface area contributed by atoms with Crippen LogP contribution >= 0.6 is 0 Å². The fourth-order valence-electron chi connectivity index (χ4n) is 5.13. The van der Waals surface area contributed by atoms with Gasteiger partial charge in [-0.05, 0) is 57.4 Å². The predicted molar refractivity (Wildman–Crippen MR) is 195 cm³/mol. The molecule has 0 saturated heterocycles. The SMILES string of the molecule is C[C@@H](NC(=O)[C@H](Cc1c[nH]c2ccccc12)NC(=O)OC(C)(C)C)C(=O)N[C@@H](COCc1ccccc1)C(=O)N[C@H](C)C(=O)OCc1ccccc1. The highest BCUT2D eigenvalue weighted by atomic mass is 16.6. The number of aromatic amines is 1. The van der Waals surface area contributed by atoms with Crippen LogP contribution in [0.15, 0.2) is 91.1 Å². The number of rotatable bonds is 16. The van der Waals surface area contributed by atoms with Crippen molar-refractivity contribution in [2.45, 2.75) is 84.0 Å². The second-order valence-electron chi connectivity index (χ2n) is 13.4. The molecule has 0 fully saturated rings. The Morgan fingerprint density at radius 3 is 1.90 bits per heavy atom. The molecule has 0 bridgehead atoms. The van der Waals surface area contributed by atoms with E-state index in [1.165, 1.54) is 13.8 Å². The largest absolute Gasteiger partial charge is 0.459 e. The highest BCUT2D eigenvalue weighted by molar-refractivity contribution is 5.95. The fourth-order valence-corrected chi connectivity index (χ4v) is 5.13. The van der Waals surface area contributed by atoms with Crippen LogP contribution in [0.25, 0.3) is 10.9 Å². The number of ether oxygens (including phenoxy) is 3. The minimum absolute atomic E-state index is 0.0293. The van der Waals surface area contributed by atoms with Crippen LogP contribution in [-0.2, 0) is 53.0 Å². The molecule has 276 valence electrons. The maximum atomic E-state index is 13.6. The zero-order valence-electron chi connectivity index (χ0n) is 30.1. The molecular weight excluding hydrogens is 666 g/mol. The molecule has 0 aliphatic heterocycles. The van der Waals surface area contributed by atoms with Gasteiger partial charge < -0.3 is 40.5 Å². The number of aromatic nitrogens is 1. The van der Waals surface area contributed by atoms with Gasteiger partial charge in [-0.3, -0.25) is 14.4 Å². The Morgan fingerprint density at radius 2 is 1.25 bits per heavy atom. The second-order valence-corrected chi connectivity index (χ2v) is 13.4. The molecule has 5 N–H and O–H groups in total. The number of fused-ring (bicyclic) bond motifs is 1. The van der Waals surface area contributed by atoms with E-state index in [9.17, 15) is 24.0 Å². The summed E-state index contributed by atoms with van der Waals surface area (Å²) < 4.78 is 16.5. The average Bonchev–Trinajstić information content (AvgIpc) is 3.52. The predicted octanol–water partition coefficient (Wildman–Crippen LogP) is 4.06. The minimum atomic E-state index is -1.23. The van der Waals surface area contributed by atoms with Gasteiger partial charge in [-0.15, -0.1) is 0 Å². The van der Waals surface area contributed by atoms with Crippen molar-refractivity contribution < 1.29 is 38.2 Å². The van der Waals surface area contributed by atoms with Crippen LogP contribution in [0.1, 0.15) is 51.3 Å². The number of hydrogen-bond donors (Lipinski definition) is 5. The first-order chi connectivity index (χ1) is 24.8. The second kappa shape index (κ2) is 18.5. The van der Waals surface area contributed by atoms with Crippen molar-refractivity contribution in [3.8, 4) is 0 Å². The summed E-state index contributed by atoms with van der Waals surface area (Å²) in [6.45, 7) is 8.00. The first kappa shape index (κ1) is 39.1. The Labute approximate surface area is 303 Å². The van der Waals surface area contributed by atoms with E-state index in [2.05, 4.69) is 26.3 Å². The molecule has 3 aromatic carbocycles. The van der Waals surface area contributed by atoms with Gasteiger partial charge in [-0.2, -0.15) is 0 Å². The number of carbonyl (C=O) groups is 5. The molecule has 0 saturated carbocycles. The van der Waals surface area contributed by atoms with Gasteiger partial charge in [0.25, 0.3) is 0 Å². The summed E-state index contributed by atoms with van der Waals surface area (Å²) in [7, 11) is 0. The summed E-state index contributed by atoms with van der Waals surface area (Å²) in [6, 6.07) is 21.4.